The van der Waals surface area contributed by atoms with Crippen LogP contribution in [0.5, 0.6) is 0 Å². The Morgan fingerprint density at radius 3 is 2.32 bits per heavy atom. The molecule has 0 amide bonds. The SMILES string of the molecule is CCc1cccc(CC)c1NCc1nnc(SCc2ccccc2)s1. The van der Waals surface area contributed by atoms with Crippen molar-refractivity contribution in [2.24, 2.45) is 0 Å². The Labute approximate surface area is 157 Å². The van der Waals surface area contributed by atoms with Gasteiger partial charge in [0.2, 0.25) is 0 Å². The molecule has 3 aromatic rings. The summed E-state index contributed by atoms with van der Waals surface area (Å²) in [4.78, 5) is 0. The van der Waals surface area contributed by atoms with Crippen LogP contribution < -0.4 is 5.32 Å². The summed E-state index contributed by atoms with van der Waals surface area (Å²) in [6.45, 7) is 5.13. The van der Waals surface area contributed by atoms with E-state index in [-0.39, 0.29) is 0 Å². The van der Waals surface area contributed by atoms with Crippen LogP contribution in [0.2, 0.25) is 0 Å². The lowest BCUT2D eigenvalue weighted by atomic mass is 10.0. The quantitative estimate of drug-likeness (QED) is 0.527. The van der Waals surface area contributed by atoms with Gasteiger partial charge in [0, 0.05) is 11.4 Å². The Morgan fingerprint density at radius 1 is 0.920 bits per heavy atom. The molecule has 25 heavy (non-hydrogen) atoms. The van der Waals surface area contributed by atoms with Gasteiger partial charge in [-0.05, 0) is 29.5 Å². The van der Waals surface area contributed by atoms with Crippen molar-refractivity contribution in [2.45, 2.75) is 43.3 Å². The van der Waals surface area contributed by atoms with E-state index in [2.05, 4.69) is 71.8 Å². The van der Waals surface area contributed by atoms with Crippen LogP contribution in [0, 0.1) is 0 Å². The second kappa shape index (κ2) is 9.02. The molecule has 0 saturated carbocycles. The number of rotatable bonds is 8. The van der Waals surface area contributed by atoms with Crippen LogP contribution in [0.25, 0.3) is 0 Å². The first-order chi connectivity index (χ1) is 12.3. The molecule has 0 spiro atoms. The standard InChI is InChI=1S/C20H23N3S2/c1-3-16-11-8-12-17(4-2)19(16)21-13-18-22-23-20(25-18)24-14-15-9-6-5-7-10-15/h5-12,21H,3-4,13-14H2,1-2H3. The fourth-order valence-electron chi connectivity index (χ4n) is 2.72. The number of hydrogen-bond donors (Lipinski definition) is 1. The molecule has 130 valence electrons. The molecule has 0 unspecified atom stereocenters. The van der Waals surface area contributed by atoms with Crippen molar-refractivity contribution in [3.05, 3.63) is 70.2 Å². The monoisotopic (exact) mass is 369 g/mol. The van der Waals surface area contributed by atoms with E-state index in [9.17, 15) is 0 Å². The molecule has 0 radical (unpaired) electrons. The zero-order chi connectivity index (χ0) is 17.5. The fourth-order valence-corrected chi connectivity index (χ4v) is 4.51. The smallest absolute Gasteiger partial charge is 0.174 e. The Morgan fingerprint density at radius 2 is 1.64 bits per heavy atom. The third-order valence-electron chi connectivity index (χ3n) is 4.07. The Bertz CT molecular complexity index is 777. The first-order valence-electron chi connectivity index (χ1n) is 8.63. The Hall–Kier alpha value is -1.85. The van der Waals surface area contributed by atoms with Gasteiger partial charge in [-0.15, -0.1) is 10.2 Å². The maximum atomic E-state index is 4.34. The Balaban J connectivity index is 1.61. The largest absolute Gasteiger partial charge is 0.378 e. The van der Waals surface area contributed by atoms with Gasteiger partial charge in [-0.25, -0.2) is 0 Å². The third kappa shape index (κ3) is 4.83. The van der Waals surface area contributed by atoms with Crippen molar-refractivity contribution < 1.29 is 0 Å². The zero-order valence-electron chi connectivity index (χ0n) is 14.7. The molecule has 0 aliphatic heterocycles. The van der Waals surface area contributed by atoms with Crippen molar-refractivity contribution in [1.82, 2.24) is 10.2 Å². The molecule has 3 nitrogen and oxygen atoms in total. The number of para-hydroxylation sites is 1. The number of thioether (sulfide) groups is 1. The van der Waals surface area contributed by atoms with Crippen LogP contribution in [0.15, 0.2) is 52.9 Å². The topological polar surface area (TPSA) is 37.8 Å². The first kappa shape index (κ1) is 18.0. The minimum Gasteiger partial charge on any atom is -0.378 e. The molecule has 0 bridgehead atoms. The van der Waals surface area contributed by atoms with Gasteiger partial charge in [0.25, 0.3) is 0 Å². The summed E-state index contributed by atoms with van der Waals surface area (Å²) in [5.41, 5.74) is 5.30. The number of benzene rings is 2. The van der Waals surface area contributed by atoms with Gasteiger partial charge >= 0.3 is 0 Å². The molecular weight excluding hydrogens is 346 g/mol. The van der Waals surface area contributed by atoms with E-state index < -0.39 is 0 Å². The van der Waals surface area contributed by atoms with Gasteiger partial charge in [-0.1, -0.05) is 85.5 Å². The van der Waals surface area contributed by atoms with Crippen LogP contribution in [0.1, 0.15) is 35.5 Å². The second-order valence-electron chi connectivity index (χ2n) is 5.75. The van der Waals surface area contributed by atoms with E-state index in [1.165, 1.54) is 22.4 Å². The van der Waals surface area contributed by atoms with Crippen molar-refractivity contribution in [1.29, 1.82) is 0 Å². The molecule has 5 heteroatoms. The van der Waals surface area contributed by atoms with E-state index >= 15 is 0 Å². The molecular formula is C20H23N3S2. The van der Waals surface area contributed by atoms with Gasteiger partial charge in [-0.3, -0.25) is 0 Å². The highest BCUT2D eigenvalue weighted by Gasteiger charge is 2.09. The van der Waals surface area contributed by atoms with E-state index in [4.69, 9.17) is 0 Å². The number of anilines is 1. The number of aromatic nitrogens is 2. The van der Waals surface area contributed by atoms with Crippen molar-refractivity contribution >= 4 is 28.8 Å². The summed E-state index contributed by atoms with van der Waals surface area (Å²) < 4.78 is 1.03. The maximum absolute atomic E-state index is 4.34. The van der Waals surface area contributed by atoms with E-state index in [1.54, 1.807) is 23.1 Å². The van der Waals surface area contributed by atoms with E-state index in [0.717, 1.165) is 34.5 Å². The minimum absolute atomic E-state index is 0.730. The molecule has 1 N–H and O–H groups in total. The van der Waals surface area contributed by atoms with Crippen molar-refractivity contribution in [3.8, 4) is 0 Å². The predicted octanol–water partition coefficient (Wildman–Crippen LogP) is 5.57. The predicted molar refractivity (Wildman–Crippen MR) is 108 cm³/mol. The molecule has 3 rings (SSSR count). The van der Waals surface area contributed by atoms with Gasteiger partial charge in [0.15, 0.2) is 4.34 Å². The summed E-state index contributed by atoms with van der Waals surface area (Å²) in [7, 11) is 0. The van der Waals surface area contributed by atoms with Gasteiger partial charge in [0.1, 0.15) is 5.01 Å². The van der Waals surface area contributed by atoms with Crippen LogP contribution in [0.3, 0.4) is 0 Å². The van der Waals surface area contributed by atoms with Crippen LogP contribution in [-0.2, 0) is 25.1 Å². The highest BCUT2D eigenvalue weighted by Crippen LogP contribution is 2.27. The fraction of sp³-hybridized carbons (Fsp3) is 0.300. The number of nitrogens with zero attached hydrogens (tertiary/aromatic N) is 2. The molecule has 0 aliphatic rings. The van der Waals surface area contributed by atoms with Crippen molar-refractivity contribution in [3.63, 3.8) is 0 Å². The minimum atomic E-state index is 0.730. The zero-order valence-corrected chi connectivity index (χ0v) is 16.3. The lowest BCUT2D eigenvalue weighted by Gasteiger charge is -2.14. The molecule has 1 aromatic heterocycles. The summed E-state index contributed by atoms with van der Waals surface area (Å²) in [5.74, 6) is 0.932. The molecule has 2 aromatic carbocycles. The highest BCUT2D eigenvalue weighted by atomic mass is 32.2. The van der Waals surface area contributed by atoms with Crippen LogP contribution in [-0.4, -0.2) is 10.2 Å². The number of aryl methyl sites for hydroxylation is 2. The normalized spacial score (nSPS) is 10.8. The summed E-state index contributed by atoms with van der Waals surface area (Å²) in [6, 6.07) is 17.0. The Kier molecular flexibility index (Phi) is 6.48. The lowest BCUT2D eigenvalue weighted by Crippen LogP contribution is -2.05. The summed E-state index contributed by atoms with van der Waals surface area (Å²) in [6.07, 6.45) is 2.06. The molecule has 0 atom stereocenters. The molecule has 0 fully saturated rings. The maximum Gasteiger partial charge on any atom is 0.174 e. The van der Waals surface area contributed by atoms with E-state index in [1.807, 2.05) is 6.07 Å². The van der Waals surface area contributed by atoms with Crippen molar-refractivity contribution in [2.75, 3.05) is 5.32 Å². The van der Waals surface area contributed by atoms with Gasteiger partial charge < -0.3 is 5.32 Å². The summed E-state index contributed by atoms with van der Waals surface area (Å²) in [5, 5.41) is 13.3. The lowest BCUT2D eigenvalue weighted by molar-refractivity contribution is 0.942. The van der Waals surface area contributed by atoms with Crippen LogP contribution >= 0.6 is 23.1 Å². The van der Waals surface area contributed by atoms with Gasteiger partial charge in [-0.2, -0.15) is 0 Å². The summed E-state index contributed by atoms with van der Waals surface area (Å²) >= 11 is 3.42. The van der Waals surface area contributed by atoms with Gasteiger partial charge in [0.05, 0.1) is 6.54 Å². The highest BCUT2D eigenvalue weighted by molar-refractivity contribution is 8.00. The first-order valence-corrected chi connectivity index (χ1v) is 10.4. The number of hydrogen-bond acceptors (Lipinski definition) is 5. The average molecular weight is 370 g/mol. The van der Waals surface area contributed by atoms with Crippen LogP contribution in [0.4, 0.5) is 5.69 Å². The third-order valence-corrected chi connectivity index (χ3v) is 6.20. The van der Waals surface area contributed by atoms with E-state index in [0.29, 0.717) is 0 Å². The molecule has 1 heterocycles. The number of nitrogens with one attached hydrogen (secondary N) is 1. The average Bonchev–Trinajstić information content (AvgIpc) is 3.13. The molecule has 0 aliphatic carbocycles. The second-order valence-corrected chi connectivity index (χ2v) is 8.03. The molecule has 0 saturated heterocycles.